The average molecular weight is 293 g/mol. The standard InChI is InChI=1S/C17H19N5/c1-21-8-10-22(11-9-21)17-13-12-19-15-4-2-3-5-16(15)20-14(13)6-7-18-17/h2-7,12,20H,8-11H2,1H3. The molecule has 5 nitrogen and oxygen atoms in total. The molecule has 1 fully saturated rings. The third kappa shape index (κ3) is 2.33. The van der Waals surface area contributed by atoms with E-state index in [-0.39, 0.29) is 0 Å². The Kier molecular flexibility index (Phi) is 3.27. The number of fused-ring (bicyclic) bond motifs is 2. The smallest absolute Gasteiger partial charge is 0.139 e. The van der Waals surface area contributed by atoms with Crippen LogP contribution < -0.4 is 10.2 Å². The van der Waals surface area contributed by atoms with Crippen molar-refractivity contribution in [1.82, 2.24) is 9.88 Å². The van der Waals surface area contributed by atoms with Crippen LogP contribution in [0.2, 0.25) is 0 Å². The van der Waals surface area contributed by atoms with Crippen LogP contribution in [0.5, 0.6) is 0 Å². The molecule has 0 radical (unpaired) electrons. The minimum Gasteiger partial charge on any atom is -0.353 e. The van der Waals surface area contributed by atoms with Crippen LogP contribution in [0.3, 0.4) is 0 Å². The molecular weight excluding hydrogens is 274 g/mol. The number of rotatable bonds is 1. The second-order valence-electron chi connectivity index (χ2n) is 5.79. The van der Waals surface area contributed by atoms with Gasteiger partial charge in [0.05, 0.1) is 22.6 Å². The van der Waals surface area contributed by atoms with Gasteiger partial charge in [-0.25, -0.2) is 4.98 Å². The molecule has 0 atom stereocenters. The van der Waals surface area contributed by atoms with Gasteiger partial charge in [-0.3, -0.25) is 4.99 Å². The van der Waals surface area contributed by atoms with Crippen LogP contribution in [0.1, 0.15) is 5.56 Å². The molecule has 0 unspecified atom stereocenters. The average Bonchev–Trinajstić information content (AvgIpc) is 2.74. The highest BCUT2D eigenvalue weighted by Crippen LogP contribution is 2.34. The normalized spacial score (nSPS) is 17.4. The van der Waals surface area contributed by atoms with E-state index in [9.17, 15) is 0 Å². The fourth-order valence-corrected chi connectivity index (χ4v) is 2.94. The van der Waals surface area contributed by atoms with E-state index in [1.165, 1.54) is 0 Å². The Bertz CT molecular complexity index is 717. The lowest BCUT2D eigenvalue weighted by atomic mass is 10.2. The summed E-state index contributed by atoms with van der Waals surface area (Å²) in [5.74, 6) is 1.02. The van der Waals surface area contributed by atoms with Crippen molar-refractivity contribution in [3.8, 4) is 0 Å². The van der Waals surface area contributed by atoms with Gasteiger partial charge in [-0.15, -0.1) is 0 Å². The van der Waals surface area contributed by atoms with Crippen molar-refractivity contribution in [2.24, 2.45) is 4.99 Å². The molecule has 0 bridgehead atoms. The summed E-state index contributed by atoms with van der Waals surface area (Å²) in [6.07, 6.45) is 3.82. The molecule has 0 spiro atoms. The summed E-state index contributed by atoms with van der Waals surface area (Å²) < 4.78 is 0. The summed E-state index contributed by atoms with van der Waals surface area (Å²) in [6.45, 7) is 4.13. The number of likely N-dealkylation sites (N-methyl/N-ethyl adjacent to an activating group) is 1. The van der Waals surface area contributed by atoms with Crippen molar-refractivity contribution in [3.63, 3.8) is 0 Å². The van der Waals surface area contributed by atoms with Gasteiger partial charge < -0.3 is 15.1 Å². The third-order valence-corrected chi connectivity index (χ3v) is 4.28. The van der Waals surface area contributed by atoms with Crippen LogP contribution in [-0.4, -0.2) is 49.3 Å². The number of hydrogen-bond donors (Lipinski definition) is 1. The Labute approximate surface area is 130 Å². The van der Waals surface area contributed by atoms with Crippen LogP contribution >= 0.6 is 0 Å². The lowest BCUT2D eigenvalue weighted by Crippen LogP contribution is -2.45. The highest BCUT2D eigenvalue weighted by molar-refractivity contribution is 5.99. The molecular formula is C17H19N5. The molecule has 0 aliphatic carbocycles. The number of piperazine rings is 1. The fourth-order valence-electron chi connectivity index (χ4n) is 2.94. The summed E-state index contributed by atoms with van der Waals surface area (Å²) in [5.41, 5.74) is 4.14. The largest absolute Gasteiger partial charge is 0.353 e. The van der Waals surface area contributed by atoms with E-state index in [1.807, 2.05) is 36.7 Å². The van der Waals surface area contributed by atoms with Crippen molar-refractivity contribution in [2.75, 3.05) is 43.4 Å². The number of hydrogen-bond acceptors (Lipinski definition) is 5. The molecule has 1 N–H and O–H groups in total. The zero-order chi connectivity index (χ0) is 14.9. The van der Waals surface area contributed by atoms with E-state index in [1.54, 1.807) is 0 Å². The minimum atomic E-state index is 0.961. The number of benzene rings is 1. The summed E-state index contributed by atoms with van der Waals surface area (Å²) >= 11 is 0. The number of nitrogens with zero attached hydrogens (tertiary/aromatic N) is 4. The van der Waals surface area contributed by atoms with Gasteiger partial charge in [0.25, 0.3) is 0 Å². The van der Waals surface area contributed by atoms with Crippen molar-refractivity contribution < 1.29 is 0 Å². The van der Waals surface area contributed by atoms with E-state index in [0.29, 0.717) is 0 Å². The van der Waals surface area contributed by atoms with Gasteiger partial charge in [0.1, 0.15) is 5.82 Å². The van der Waals surface area contributed by atoms with Gasteiger partial charge in [0.15, 0.2) is 0 Å². The number of aromatic nitrogens is 1. The summed E-state index contributed by atoms with van der Waals surface area (Å²) in [4.78, 5) is 14.0. The third-order valence-electron chi connectivity index (χ3n) is 4.28. The number of anilines is 3. The first kappa shape index (κ1) is 13.3. The van der Waals surface area contributed by atoms with E-state index in [2.05, 4.69) is 38.2 Å². The van der Waals surface area contributed by atoms with E-state index >= 15 is 0 Å². The summed E-state index contributed by atoms with van der Waals surface area (Å²) in [6, 6.07) is 10.1. The molecule has 1 aromatic carbocycles. The zero-order valence-corrected chi connectivity index (χ0v) is 12.7. The number of pyridine rings is 1. The van der Waals surface area contributed by atoms with Crippen molar-refractivity contribution >= 4 is 29.1 Å². The van der Waals surface area contributed by atoms with Gasteiger partial charge in [-0.2, -0.15) is 0 Å². The fraction of sp³-hybridized carbons (Fsp3) is 0.294. The molecule has 0 amide bonds. The van der Waals surface area contributed by atoms with Gasteiger partial charge in [-0.05, 0) is 25.2 Å². The van der Waals surface area contributed by atoms with Gasteiger partial charge in [0, 0.05) is 38.6 Å². The Morgan fingerprint density at radius 1 is 1.00 bits per heavy atom. The maximum Gasteiger partial charge on any atom is 0.139 e. The zero-order valence-electron chi connectivity index (χ0n) is 12.7. The Hall–Kier alpha value is -2.40. The summed E-state index contributed by atoms with van der Waals surface area (Å²) in [7, 11) is 2.16. The second kappa shape index (κ2) is 5.42. The van der Waals surface area contributed by atoms with E-state index < -0.39 is 0 Å². The highest BCUT2D eigenvalue weighted by atomic mass is 15.3. The molecule has 112 valence electrons. The van der Waals surface area contributed by atoms with Gasteiger partial charge in [-0.1, -0.05) is 12.1 Å². The maximum absolute atomic E-state index is 4.63. The summed E-state index contributed by atoms with van der Waals surface area (Å²) in [5, 5.41) is 3.49. The first-order valence-corrected chi connectivity index (χ1v) is 7.64. The molecule has 2 aliphatic rings. The topological polar surface area (TPSA) is 43.8 Å². The molecule has 2 aliphatic heterocycles. The lowest BCUT2D eigenvalue weighted by Gasteiger charge is -2.34. The SMILES string of the molecule is CN1CCN(c2nccc3c2C=Nc2ccccc2N3)CC1. The number of nitrogens with one attached hydrogen (secondary N) is 1. The predicted octanol–water partition coefficient (Wildman–Crippen LogP) is 2.64. The van der Waals surface area contributed by atoms with E-state index in [0.717, 1.165) is 54.6 Å². The molecule has 5 heteroatoms. The first-order chi connectivity index (χ1) is 10.8. The van der Waals surface area contributed by atoms with Crippen LogP contribution in [0.25, 0.3) is 0 Å². The molecule has 1 aromatic heterocycles. The highest BCUT2D eigenvalue weighted by Gasteiger charge is 2.20. The van der Waals surface area contributed by atoms with Crippen LogP contribution in [0.4, 0.5) is 22.9 Å². The van der Waals surface area contributed by atoms with Crippen LogP contribution in [0.15, 0.2) is 41.5 Å². The van der Waals surface area contributed by atoms with Gasteiger partial charge >= 0.3 is 0 Å². The predicted molar refractivity (Wildman–Crippen MR) is 90.9 cm³/mol. The molecule has 22 heavy (non-hydrogen) atoms. The number of para-hydroxylation sites is 2. The Balaban J connectivity index is 1.73. The Morgan fingerprint density at radius 3 is 2.68 bits per heavy atom. The number of aliphatic imine (C=N–C) groups is 1. The molecule has 3 heterocycles. The quantitative estimate of drug-likeness (QED) is 0.749. The Morgan fingerprint density at radius 2 is 1.82 bits per heavy atom. The van der Waals surface area contributed by atoms with Gasteiger partial charge in [0.2, 0.25) is 0 Å². The lowest BCUT2D eigenvalue weighted by molar-refractivity contribution is 0.312. The second-order valence-corrected chi connectivity index (χ2v) is 5.79. The maximum atomic E-state index is 4.63. The van der Waals surface area contributed by atoms with Crippen molar-refractivity contribution in [2.45, 2.75) is 0 Å². The van der Waals surface area contributed by atoms with Crippen LogP contribution in [-0.2, 0) is 0 Å². The molecule has 0 saturated carbocycles. The van der Waals surface area contributed by atoms with Crippen LogP contribution in [0, 0.1) is 0 Å². The molecule has 4 rings (SSSR count). The van der Waals surface area contributed by atoms with E-state index in [4.69, 9.17) is 0 Å². The molecule has 2 aromatic rings. The monoisotopic (exact) mass is 293 g/mol. The molecule has 1 saturated heterocycles. The van der Waals surface area contributed by atoms with Crippen molar-refractivity contribution in [1.29, 1.82) is 0 Å². The van der Waals surface area contributed by atoms with Crippen molar-refractivity contribution in [3.05, 3.63) is 42.1 Å². The minimum absolute atomic E-state index is 0.961. The first-order valence-electron chi connectivity index (χ1n) is 7.64.